The average molecular weight is 330 g/mol. The molecule has 2 heterocycles. The van der Waals surface area contributed by atoms with Crippen LogP contribution in [0.15, 0.2) is 12.7 Å². The summed E-state index contributed by atoms with van der Waals surface area (Å²) < 4.78 is 1.99. The van der Waals surface area contributed by atoms with Crippen LogP contribution < -0.4 is 5.32 Å². The molecule has 1 aromatic rings. The molecule has 24 heavy (non-hydrogen) atoms. The molecule has 2 aliphatic rings. The lowest BCUT2D eigenvalue weighted by atomic mass is 9.90. The maximum Gasteiger partial charge on any atom is 0.274 e. The van der Waals surface area contributed by atoms with E-state index in [9.17, 15) is 4.79 Å². The number of piperidine rings is 1. The van der Waals surface area contributed by atoms with Gasteiger partial charge in [-0.25, -0.2) is 0 Å². The second-order valence-corrected chi connectivity index (χ2v) is 7.36. The first-order chi connectivity index (χ1) is 11.6. The highest BCUT2D eigenvalue weighted by molar-refractivity contribution is 5.94. The number of hydrogen-bond donors (Lipinski definition) is 1. The predicted octanol–water partition coefficient (Wildman–Crippen LogP) is 2.55. The van der Waals surface area contributed by atoms with Crippen LogP contribution in [-0.4, -0.2) is 45.8 Å². The van der Waals surface area contributed by atoms with Gasteiger partial charge in [-0.2, -0.15) is 5.10 Å². The van der Waals surface area contributed by atoms with Crippen molar-refractivity contribution in [2.24, 2.45) is 0 Å². The van der Waals surface area contributed by atoms with E-state index in [0.29, 0.717) is 24.3 Å². The van der Waals surface area contributed by atoms with Crippen LogP contribution in [0.2, 0.25) is 0 Å². The lowest BCUT2D eigenvalue weighted by Crippen LogP contribution is -2.40. The van der Waals surface area contributed by atoms with E-state index in [-0.39, 0.29) is 5.91 Å². The molecule has 5 heteroatoms. The zero-order chi connectivity index (χ0) is 17.1. The molecule has 1 aliphatic heterocycles. The number of likely N-dealkylation sites (tertiary alicyclic amines) is 1. The molecular weight excluding hydrogens is 300 g/mol. The Balaban J connectivity index is 1.88. The largest absolute Gasteiger partial charge is 0.337 e. The Morgan fingerprint density at radius 3 is 2.79 bits per heavy atom. The molecule has 0 spiro atoms. The van der Waals surface area contributed by atoms with Crippen LogP contribution >= 0.6 is 0 Å². The number of amides is 1. The van der Waals surface area contributed by atoms with Gasteiger partial charge in [0.05, 0.1) is 6.54 Å². The molecule has 1 saturated heterocycles. The summed E-state index contributed by atoms with van der Waals surface area (Å²) in [7, 11) is 0. The van der Waals surface area contributed by atoms with Gasteiger partial charge in [0.1, 0.15) is 0 Å². The molecule has 1 fully saturated rings. The topological polar surface area (TPSA) is 50.2 Å². The standard InChI is InChI=1S/C19H30N4O/c1-4-10-23-17-9-8-15(20-14(2)3)13-16(17)18(21-23)19(24)22-11-6-5-7-12-22/h4,14-15,20H,1,5-13H2,2-3H3. The summed E-state index contributed by atoms with van der Waals surface area (Å²) in [6.07, 6.45) is 8.30. The number of rotatable bonds is 5. The van der Waals surface area contributed by atoms with Gasteiger partial charge in [0.15, 0.2) is 5.69 Å². The summed E-state index contributed by atoms with van der Waals surface area (Å²) in [6.45, 7) is 10.6. The Kier molecular flexibility index (Phi) is 5.39. The number of carbonyl (C=O) groups excluding carboxylic acids is 1. The van der Waals surface area contributed by atoms with Crippen molar-refractivity contribution in [2.75, 3.05) is 13.1 Å². The van der Waals surface area contributed by atoms with Crippen molar-refractivity contribution in [1.82, 2.24) is 20.0 Å². The molecule has 1 aliphatic carbocycles. The number of nitrogens with zero attached hydrogens (tertiary/aromatic N) is 3. The normalized spacial score (nSPS) is 21.0. The van der Waals surface area contributed by atoms with Gasteiger partial charge in [0.2, 0.25) is 0 Å². The van der Waals surface area contributed by atoms with Crippen LogP contribution in [0.4, 0.5) is 0 Å². The maximum absolute atomic E-state index is 13.0. The molecule has 0 aromatic carbocycles. The minimum Gasteiger partial charge on any atom is -0.337 e. The fourth-order valence-electron chi connectivity index (χ4n) is 3.99. The third-order valence-electron chi connectivity index (χ3n) is 5.06. The number of hydrogen-bond acceptors (Lipinski definition) is 3. The Morgan fingerprint density at radius 1 is 1.38 bits per heavy atom. The van der Waals surface area contributed by atoms with Gasteiger partial charge < -0.3 is 10.2 Å². The molecule has 1 N–H and O–H groups in total. The van der Waals surface area contributed by atoms with E-state index in [1.807, 2.05) is 15.7 Å². The van der Waals surface area contributed by atoms with Crippen LogP contribution in [0.5, 0.6) is 0 Å². The molecule has 1 amide bonds. The molecule has 0 saturated carbocycles. The van der Waals surface area contributed by atoms with Crippen LogP contribution in [0.25, 0.3) is 0 Å². The highest BCUT2D eigenvalue weighted by atomic mass is 16.2. The fourth-order valence-corrected chi connectivity index (χ4v) is 3.99. The van der Waals surface area contributed by atoms with Gasteiger partial charge in [-0.05, 0) is 38.5 Å². The van der Waals surface area contributed by atoms with Gasteiger partial charge >= 0.3 is 0 Å². The predicted molar refractivity (Wildman–Crippen MR) is 96.3 cm³/mol. The Morgan fingerprint density at radius 2 is 2.12 bits per heavy atom. The van der Waals surface area contributed by atoms with Gasteiger partial charge in [-0.1, -0.05) is 19.9 Å². The number of aromatic nitrogens is 2. The van der Waals surface area contributed by atoms with Crippen LogP contribution in [0, 0.1) is 0 Å². The van der Waals surface area contributed by atoms with Gasteiger partial charge in [0.25, 0.3) is 5.91 Å². The number of allylic oxidation sites excluding steroid dienone is 1. The van der Waals surface area contributed by atoms with E-state index in [1.165, 1.54) is 12.1 Å². The summed E-state index contributed by atoms with van der Waals surface area (Å²) in [5.41, 5.74) is 3.08. The second kappa shape index (κ2) is 7.51. The Bertz CT molecular complexity index is 599. The summed E-state index contributed by atoms with van der Waals surface area (Å²) in [5.74, 6) is 0.124. The fraction of sp³-hybridized carbons (Fsp3) is 0.684. The first-order valence-electron chi connectivity index (χ1n) is 9.35. The molecule has 1 aromatic heterocycles. The minimum atomic E-state index is 0.124. The van der Waals surface area contributed by atoms with E-state index in [2.05, 4.69) is 25.7 Å². The molecule has 1 unspecified atom stereocenters. The molecule has 0 radical (unpaired) electrons. The van der Waals surface area contributed by atoms with Crippen molar-refractivity contribution in [3.8, 4) is 0 Å². The van der Waals surface area contributed by atoms with Gasteiger partial charge in [-0.15, -0.1) is 6.58 Å². The Hall–Kier alpha value is -1.62. The first kappa shape index (κ1) is 17.2. The summed E-state index contributed by atoms with van der Waals surface area (Å²) in [5, 5.41) is 8.32. The maximum atomic E-state index is 13.0. The summed E-state index contributed by atoms with van der Waals surface area (Å²) in [6, 6.07) is 0.896. The molecule has 0 bridgehead atoms. The number of fused-ring (bicyclic) bond motifs is 1. The van der Waals surface area contributed by atoms with E-state index < -0.39 is 0 Å². The monoisotopic (exact) mass is 330 g/mol. The number of carbonyl (C=O) groups is 1. The lowest BCUT2D eigenvalue weighted by Gasteiger charge is -2.28. The molecule has 132 valence electrons. The lowest BCUT2D eigenvalue weighted by molar-refractivity contribution is 0.0716. The third-order valence-corrected chi connectivity index (χ3v) is 5.06. The molecule has 1 atom stereocenters. The van der Waals surface area contributed by atoms with E-state index in [4.69, 9.17) is 5.10 Å². The number of nitrogens with one attached hydrogen (secondary N) is 1. The van der Waals surface area contributed by atoms with Gasteiger partial charge in [-0.3, -0.25) is 9.48 Å². The highest BCUT2D eigenvalue weighted by Crippen LogP contribution is 2.27. The Labute approximate surface area is 145 Å². The summed E-state index contributed by atoms with van der Waals surface area (Å²) >= 11 is 0. The van der Waals surface area contributed by atoms with E-state index in [0.717, 1.165) is 50.8 Å². The quantitative estimate of drug-likeness (QED) is 0.844. The van der Waals surface area contributed by atoms with E-state index in [1.54, 1.807) is 0 Å². The smallest absolute Gasteiger partial charge is 0.274 e. The zero-order valence-corrected chi connectivity index (χ0v) is 15.1. The minimum absolute atomic E-state index is 0.124. The van der Waals surface area contributed by atoms with Crippen LogP contribution in [-0.2, 0) is 19.4 Å². The van der Waals surface area contributed by atoms with Crippen molar-refractivity contribution < 1.29 is 4.79 Å². The molecule has 5 nitrogen and oxygen atoms in total. The van der Waals surface area contributed by atoms with Crippen molar-refractivity contribution >= 4 is 5.91 Å². The van der Waals surface area contributed by atoms with Crippen molar-refractivity contribution in [3.05, 3.63) is 29.6 Å². The summed E-state index contributed by atoms with van der Waals surface area (Å²) in [4.78, 5) is 15.0. The highest BCUT2D eigenvalue weighted by Gasteiger charge is 2.31. The first-order valence-corrected chi connectivity index (χ1v) is 9.35. The van der Waals surface area contributed by atoms with Crippen molar-refractivity contribution in [3.63, 3.8) is 0 Å². The van der Waals surface area contributed by atoms with Crippen molar-refractivity contribution in [2.45, 2.75) is 71.0 Å². The zero-order valence-electron chi connectivity index (χ0n) is 15.1. The van der Waals surface area contributed by atoms with Crippen LogP contribution in [0.1, 0.15) is 61.3 Å². The van der Waals surface area contributed by atoms with Gasteiger partial charge in [0, 0.05) is 36.4 Å². The third kappa shape index (κ3) is 3.56. The SMILES string of the molecule is C=CCn1nc(C(=O)N2CCCCC2)c2c1CCC(NC(C)C)C2. The van der Waals surface area contributed by atoms with Crippen molar-refractivity contribution in [1.29, 1.82) is 0 Å². The van der Waals surface area contributed by atoms with E-state index >= 15 is 0 Å². The average Bonchev–Trinajstić information content (AvgIpc) is 2.93. The van der Waals surface area contributed by atoms with Crippen LogP contribution in [0.3, 0.4) is 0 Å². The second-order valence-electron chi connectivity index (χ2n) is 7.36. The molecule has 3 rings (SSSR count). The molecular formula is C19H30N4O.